The van der Waals surface area contributed by atoms with Gasteiger partial charge in [0.05, 0.1) is 5.56 Å². The predicted octanol–water partition coefficient (Wildman–Crippen LogP) is 3.08. The SMILES string of the molecule is O=C1C=CC(Br)=C/C1=C/NNC(=O)c1cc2ccccc2cc1O. The van der Waals surface area contributed by atoms with E-state index in [1.165, 1.54) is 18.3 Å². The summed E-state index contributed by atoms with van der Waals surface area (Å²) in [6.07, 6.45) is 6.10. The highest BCUT2D eigenvalue weighted by Crippen LogP contribution is 2.24. The van der Waals surface area contributed by atoms with Gasteiger partial charge in [0.2, 0.25) is 0 Å². The molecule has 1 amide bonds. The van der Waals surface area contributed by atoms with E-state index in [9.17, 15) is 14.7 Å². The van der Waals surface area contributed by atoms with Crippen molar-refractivity contribution in [3.05, 3.63) is 76.4 Å². The number of hydrogen-bond donors (Lipinski definition) is 3. The van der Waals surface area contributed by atoms with Crippen LogP contribution in [0, 0.1) is 0 Å². The number of rotatable bonds is 3. The number of carbonyl (C=O) groups is 2. The van der Waals surface area contributed by atoms with Crippen molar-refractivity contribution in [2.24, 2.45) is 0 Å². The molecule has 0 saturated heterocycles. The number of carbonyl (C=O) groups excluding carboxylic acids is 2. The van der Waals surface area contributed by atoms with Crippen LogP contribution in [0.1, 0.15) is 10.4 Å². The van der Waals surface area contributed by atoms with Gasteiger partial charge in [-0.1, -0.05) is 40.2 Å². The van der Waals surface area contributed by atoms with E-state index in [1.807, 2.05) is 24.3 Å². The molecule has 0 aromatic heterocycles. The summed E-state index contributed by atoms with van der Waals surface area (Å²) in [4.78, 5) is 23.9. The lowest BCUT2D eigenvalue weighted by atomic mass is 10.1. The average Bonchev–Trinajstić information content (AvgIpc) is 2.57. The molecule has 1 aliphatic rings. The Morgan fingerprint density at radius 1 is 1.12 bits per heavy atom. The number of hydrogen-bond acceptors (Lipinski definition) is 4. The van der Waals surface area contributed by atoms with E-state index in [1.54, 1.807) is 18.2 Å². The van der Waals surface area contributed by atoms with E-state index < -0.39 is 5.91 Å². The van der Waals surface area contributed by atoms with Gasteiger partial charge in [-0.2, -0.15) is 0 Å². The lowest BCUT2D eigenvalue weighted by molar-refractivity contribution is -0.111. The lowest BCUT2D eigenvalue weighted by Crippen LogP contribution is -2.34. The van der Waals surface area contributed by atoms with Crippen LogP contribution in [0.3, 0.4) is 0 Å². The van der Waals surface area contributed by atoms with Crippen molar-refractivity contribution < 1.29 is 14.7 Å². The fraction of sp³-hybridized carbons (Fsp3) is 0. The fourth-order valence-electron chi connectivity index (χ4n) is 2.29. The quantitative estimate of drug-likeness (QED) is 0.561. The number of halogens is 1. The molecular formula is C18H13BrN2O3. The third kappa shape index (κ3) is 3.38. The van der Waals surface area contributed by atoms with Crippen LogP contribution in [-0.2, 0) is 4.79 Å². The normalized spacial score (nSPS) is 15.5. The Bertz CT molecular complexity index is 929. The summed E-state index contributed by atoms with van der Waals surface area (Å²) < 4.78 is 0.758. The number of benzene rings is 2. The van der Waals surface area contributed by atoms with Crippen LogP contribution >= 0.6 is 15.9 Å². The van der Waals surface area contributed by atoms with Crippen molar-refractivity contribution in [3.63, 3.8) is 0 Å². The van der Waals surface area contributed by atoms with E-state index in [0.717, 1.165) is 15.3 Å². The highest BCUT2D eigenvalue weighted by atomic mass is 79.9. The van der Waals surface area contributed by atoms with Gasteiger partial charge in [0, 0.05) is 16.3 Å². The minimum absolute atomic E-state index is 0.111. The molecule has 0 fully saturated rings. The van der Waals surface area contributed by atoms with Gasteiger partial charge in [-0.15, -0.1) is 0 Å². The number of fused-ring (bicyclic) bond motifs is 1. The number of amides is 1. The van der Waals surface area contributed by atoms with Crippen LogP contribution in [0.15, 0.2) is 70.9 Å². The standard InChI is InChI=1S/C18H13BrN2O3/c19-14-5-6-16(22)13(7-14)10-20-21-18(24)15-8-11-3-1-2-4-12(11)9-17(15)23/h1-10,20,23H,(H,21,24)/b13-10-. The minimum atomic E-state index is -0.503. The van der Waals surface area contributed by atoms with Gasteiger partial charge >= 0.3 is 0 Å². The number of phenols is 1. The van der Waals surface area contributed by atoms with Crippen molar-refractivity contribution in [3.8, 4) is 5.75 Å². The fourth-order valence-corrected chi connectivity index (χ4v) is 2.67. The molecular weight excluding hydrogens is 372 g/mol. The maximum Gasteiger partial charge on any atom is 0.273 e. The second-order valence-electron chi connectivity index (χ2n) is 5.14. The number of aromatic hydroxyl groups is 1. The first kappa shape index (κ1) is 16.0. The maximum absolute atomic E-state index is 12.2. The summed E-state index contributed by atoms with van der Waals surface area (Å²) in [5.74, 6) is -0.787. The molecule has 6 heteroatoms. The van der Waals surface area contributed by atoms with Gasteiger partial charge in [0.25, 0.3) is 5.91 Å². The molecule has 0 spiro atoms. The molecule has 1 aliphatic carbocycles. The zero-order chi connectivity index (χ0) is 17.1. The van der Waals surface area contributed by atoms with Gasteiger partial charge < -0.3 is 10.5 Å². The van der Waals surface area contributed by atoms with Crippen LogP contribution in [0.5, 0.6) is 5.75 Å². The van der Waals surface area contributed by atoms with E-state index in [-0.39, 0.29) is 17.1 Å². The summed E-state index contributed by atoms with van der Waals surface area (Å²) in [5, 5.41) is 11.7. The average molecular weight is 385 g/mol. The van der Waals surface area contributed by atoms with Gasteiger partial charge in [-0.25, -0.2) is 0 Å². The molecule has 120 valence electrons. The predicted molar refractivity (Wildman–Crippen MR) is 95.5 cm³/mol. The first-order valence-electron chi connectivity index (χ1n) is 7.12. The van der Waals surface area contributed by atoms with E-state index >= 15 is 0 Å². The van der Waals surface area contributed by atoms with Crippen LogP contribution in [0.4, 0.5) is 0 Å². The Balaban J connectivity index is 1.75. The molecule has 24 heavy (non-hydrogen) atoms. The number of phenolic OH excluding ortho intramolecular Hbond substituents is 1. The molecule has 3 rings (SSSR count). The summed E-state index contributed by atoms with van der Waals surface area (Å²) in [6, 6.07) is 10.6. The largest absolute Gasteiger partial charge is 0.507 e. The number of ketones is 1. The maximum atomic E-state index is 12.2. The Kier molecular flexibility index (Phi) is 4.48. The molecule has 0 radical (unpaired) electrons. The van der Waals surface area contributed by atoms with Crippen molar-refractivity contribution in [1.82, 2.24) is 10.9 Å². The molecule has 2 aromatic rings. The van der Waals surface area contributed by atoms with Gasteiger partial charge in [0.15, 0.2) is 5.78 Å². The minimum Gasteiger partial charge on any atom is -0.507 e. The molecule has 0 atom stereocenters. The molecule has 0 heterocycles. The number of allylic oxidation sites excluding steroid dienone is 5. The van der Waals surface area contributed by atoms with Gasteiger partial charge in [-0.05, 0) is 41.1 Å². The summed E-state index contributed by atoms with van der Waals surface area (Å²) in [6.45, 7) is 0. The molecule has 2 aromatic carbocycles. The highest BCUT2D eigenvalue weighted by Gasteiger charge is 2.12. The lowest BCUT2D eigenvalue weighted by Gasteiger charge is -2.09. The molecule has 0 saturated carbocycles. The molecule has 3 N–H and O–H groups in total. The molecule has 0 unspecified atom stereocenters. The zero-order valence-corrected chi connectivity index (χ0v) is 14.0. The first-order valence-corrected chi connectivity index (χ1v) is 7.91. The highest BCUT2D eigenvalue weighted by molar-refractivity contribution is 9.11. The van der Waals surface area contributed by atoms with Gasteiger partial charge in [0.1, 0.15) is 5.75 Å². The third-order valence-electron chi connectivity index (χ3n) is 3.49. The van der Waals surface area contributed by atoms with E-state index in [4.69, 9.17) is 0 Å². The second-order valence-corrected chi connectivity index (χ2v) is 6.06. The molecule has 0 aliphatic heterocycles. The third-order valence-corrected chi connectivity index (χ3v) is 3.99. The summed E-state index contributed by atoms with van der Waals surface area (Å²) in [7, 11) is 0. The van der Waals surface area contributed by atoms with Crippen LogP contribution in [-0.4, -0.2) is 16.8 Å². The molecule has 0 bridgehead atoms. The van der Waals surface area contributed by atoms with E-state index in [2.05, 4.69) is 26.8 Å². The topological polar surface area (TPSA) is 78.4 Å². The number of nitrogens with one attached hydrogen (secondary N) is 2. The van der Waals surface area contributed by atoms with Crippen molar-refractivity contribution in [1.29, 1.82) is 0 Å². The van der Waals surface area contributed by atoms with Crippen LogP contribution in [0.25, 0.3) is 10.8 Å². The Labute approximate surface area is 146 Å². The summed E-state index contributed by atoms with van der Waals surface area (Å²) in [5.41, 5.74) is 5.57. The first-order chi connectivity index (χ1) is 11.5. The number of hydrazine groups is 1. The summed E-state index contributed by atoms with van der Waals surface area (Å²) >= 11 is 3.28. The second kappa shape index (κ2) is 6.72. The Hall–Kier alpha value is -2.86. The van der Waals surface area contributed by atoms with Crippen molar-refractivity contribution >= 4 is 38.4 Å². The smallest absolute Gasteiger partial charge is 0.273 e. The van der Waals surface area contributed by atoms with Crippen molar-refractivity contribution in [2.45, 2.75) is 0 Å². The molecule has 5 nitrogen and oxygen atoms in total. The van der Waals surface area contributed by atoms with Crippen LogP contribution < -0.4 is 10.9 Å². The Morgan fingerprint density at radius 3 is 2.58 bits per heavy atom. The zero-order valence-electron chi connectivity index (χ0n) is 12.4. The monoisotopic (exact) mass is 384 g/mol. The van der Waals surface area contributed by atoms with Crippen molar-refractivity contribution in [2.75, 3.05) is 0 Å². The van der Waals surface area contributed by atoms with Gasteiger partial charge in [-0.3, -0.25) is 15.0 Å². The van der Waals surface area contributed by atoms with Crippen LogP contribution in [0.2, 0.25) is 0 Å². The Morgan fingerprint density at radius 2 is 1.83 bits per heavy atom. The van der Waals surface area contributed by atoms with E-state index in [0.29, 0.717) is 5.57 Å².